The standard InChI is InChI=1S/C15H23ClN2/c1-11-12(16)7-6-8-13(11)18-10-14(2,3)17-9-15(18,4)5/h6-8,17H,9-10H2,1-5H3. The Labute approximate surface area is 115 Å². The van der Waals surface area contributed by atoms with E-state index in [0.29, 0.717) is 0 Å². The summed E-state index contributed by atoms with van der Waals surface area (Å²) in [6, 6.07) is 6.17. The first-order valence-corrected chi connectivity index (χ1v) is 6.89. The third-order valence-corrected chi connectivity index (χ3v) is 4.22. The molecular formula is C15H23ClN2. The predicted octanol–water partition coefficient (Wildman–Crippen LogP) is 3.62. The largest absolute Gasteiger partial charge is 0.363 e. The van der Waals surface area contributed by atoms with Crippen molar-refractivity contribution in [3.63, 3.8) is 0 Å². The molecule has 1 aromatic carbocycles. The second-order valence-electron chi connectivity index (χ2n) is 6.52. The van der Waals surface area contributed by atoms with E-state index in [1.807, 2.05) is 12.1 Å². The van der Waals surface area contributed by atoms with Gasteiger partial charge in [-0.1, -0.05) is 17.7 Å². The Morgan fingerprint density at radius 2 is 1.89 bits per heavy atom. The summed E-state index contributed by atoms with van der Waals surface area (Å²) in [7, 11) is 0. The first kappa shape index (κ1) is 13.7. The van der Waals surface area contributed by atoms with Gasteiger partial charge < -0.3 is 10.2 Å². The monoisotopic (exact) mass is 266 g/mol. The minimum Gasteiger partial charge on any atom is -0.363 e. The first-order valence-electron chi connectivity index (χ1n) is 6.51. The molecule has 1 aromatic rings. The third-order valence-electron chi connectivity index (χ3n) is 3.81. The smallest absolute Gasteiger partial charge is 0.0471 e. The average Bonchev–Trinajstić information content (AvgIpc) is 2.27. The minimum atomic E-state index is 0.102. The number of nitrogens with zero attached hydrogens (tertiary/aromatic N) is 1. The van der Waals surface area contributed by atoms with Gasteiger partial charge in [0.15, 0.2) is 0 Å². The van der Waals surface area contributed by atoms with Crippen LogP contribution in [0.4, 0.5) is 5.69 Å². The Morgan fingerprint density at radius 1 is 1.22 bits per heavy atom. The van der Waals surface area contributed by atoms with Gasteiger partial charge >= 0.3 is 0 Å². The zero-order valence-electron chi connectivity index (χ0n) is 12.0. The van der Waals surface area contributed by atoms with Crippen molar-refractivity contribution in [1.82, 2.24) is 5.32 Å². The fourth-order valence-electron chi connectivity index (χ4n) is 2.52. The van der Waals surface area contributed by atoms with E-state index in [1.165, 1.54) is 11.3 Å². The number of hydrogen-bond acceptors (Lipinski definition) is 2. The summed E-state index contributed by atoms with van der Waals surface area (Å²) in [5.74, 6) is 0. The molecule has 2 nitrogen and oxygen atoms in total. The van der Waals surface area contributed by atoms with E-state index in [-0.39, 0.29) is 11.1 Å². The predicted molar refractivity (Wildman–Crippen MR) is 79.7 cm³/mol. The summed E-state index contributed by atoms with van der Waals surface area (Å²) in [6.45, 7) is 13.1. The van der Waals surface area contributed by atoms with Gasteiger partial charge in [0.1, 0.15) is 0 Å². The summed E-state index contributed by atoms with van der Waals surface area (Å²) in [4.78, 5) is 2.48. The number of piperazine rings is 1. The van der Waals surface area contributed by atoms with Gasteiger partial charge in [0.05, 0.1) is 0 Å². The van der Waals surface area contributed by atoms with Crippen molar-refractivity contribution in [2.75, 3.05) is 18.0 Å². The highest BCUT2D eigenvalue weighted by atomic mass is 35.5. The van der Waals surface area contributed by atoms with Crippen LogP contribution < -0.4 is 10.2 Å². The van der Waals surface area contributed by atoms with Gasteiger partial charge in [0.2, 0.25) is 0 Å². The van der Waals surface area contributed by atoms with Gasteiger partial charge in [-0.3, -0.25) is 0 Å². The van der Waals surface area contributed by atoms with Crippen LogP contribution in [0.1, 0.15) is 33.3 Å². The zero-order chi connectivity index (χ0) is 13.6. The molecule has 1 N–H and O–H groups in total. The zero-order valence-corrected chi connectivity index (χ0v) is 12.7. The van der Waals surface area contributed by atoms with Crippen molar-refractivity contribution in [2.45, 2.75) is 45.7 Å². The van der Waals surface area contributed by atoms with Crippen molar-refractivity contribution in [1.29, 1.82) is 0 Å². The fraction of sp³-hybridized carbons (Fsp3) is 0.600. The molecule has 0 atom stereocenters. The van der Waals surface area contributed by atoms with Gasteiger partial charge in [-0.2, -0.15) is 0 Å². The summed E-state index contributed by atoms with van der Waals surface area (Å²) < 4.78 is 0. The Morgan fingerprint density at radius 3 is 2.56 bits per heavy atom. The molecule has 0 radical (unpaired) electrons. The molecule has 1 aliphatic heterocycles. The lowest BCUT2D eigenvalue weighted by atomic mass is 9.90. The molecule has 1 saturated heterocycles. The number of benzene rings is 1. The lowest BCUT2D eigenvalue weighted by Crippen LogP contribution is -2.66. The fourth-order valence-corrected chi connectivity index (χ4v) is 2.69. The van der Waals surface area contributed by atoms with Crippen LogP contribution in [0.2, 0.25) is 5.02 Å². The van der Waals surface area contributed by atoms with Gasteiger partial charge in [0.25, 0.3) is 0 Å². The normalized spacial score (nSPS) is 22.0. The van der Waals surface area contributed by atoms with Crippen molar-refractivity contribution in [3.8, 4) is 0 Å². The SMILES string of the molecule is Cc1c(Cl)cccc1N1CC(C)(C)NCC1(C)C. The second-order valence-corrected chi connectivity index (χ2v) is 6.93. The molecule has 2 rings (SSSR count). The Bertz CT molecular complexity index is 452. The van der Waals surface area contributed by atoms with Crippen LogP contribution in [0.5, 0.6) is 0 Å². The Hall–Kier alpha value is -0.730. The van der Waals surface area contributed by atoms with Crippen LogP contribution in [0, 0.1) is 6.92 Å². The van der Waals surface area contributed by atoms with Crippen LogP contribution in [-0.2, 0) is 0 Å². The molecule has 0 aromatic heterocycles. The summed E-state index contributed by atoms with van der Waals surface area (Å²) in [5, 5.41) is 4.45. The Kier molecular flexibility index (Phi) is 3.37. The molecule has 0 amide bonds. The van der Waals surface area contributed by atoms with Gasteiger partial charge in [-0.05, 0) is 52.3 Å². The number of anilines is 1. The van der Waals surface area contributed by atoms with Crippen LogP contribution in [0.15, 0.2) is 18.2 Å². The molecule has 3 heteroatoms. The van der Waals surface area contributed by atoms with E-state index in [0.717, 1.165) is 18.1 Å². The highest BCUT2D eigenvalue weighted by Crippen LogP contribution is 2.34. The number of halogens is 1. The van der Waals surface area contributed by atoms with Crippen LogP contribution in [-0.4, -0.2) is 24.2 Å². The van der Waals surface area contributed by atoms with Crippen molar-refractivity contribution in [3.05, 3.63) is 28.8 Å². The molecule has 0 spiro atoms. The summed E-state index contributed by atoms with van der Waals surface area (Å²) in [5.41, 5.74) is 2.65. The molecule has 1 heterocycles. The van der Waals surface area contributed by atoms with Crippen LogP contribution in [0.25, 0.3) is 0 Å². The van der Waals surface area contributed by atoms with Crippen LogP contribution in [0.3, 0.4) is 0 Å². The minimum absolute atomic E-state index is 0.102. The van der Waals surface area contributed by atoms with Crippen molar-refractivity contribution in [2.24, 2.45) is 0 Å². The molecule has 1 fully saturated rings. The lowest BCUT2D eigenvalue weighted by molar-refractivity contribution is 0.260. The molecule has 0 saturated carbocycles. The molecule has 0 unspecified atom stereocenters. The number of rotatable bonds is 1. The number of nitrogens with one attached hydrogen (secondary N) is 1. The van der Waals surface area contributed by atoms with E-state index >= 15 is 0 Å². The van der Waals surface area contributed by atoms with E-state index in [2.05, 4.69) is 50.9 Å². The highest BCUT2D eigenvalue weighted by Gasteiger charge is 2.38. The first-order chi connectivity index (χ1) is 8.23. The maximum absolute atomic E-state index is 6.25. The molecule has 0 bridgehead atoms. The van der Waals surface area contributed by atoms with Gasteiger partial charge in [0, 0.05) is 34.9 Å². The molecule has 1 aliphatic rings. The van der Waals surface area contributed by atoms with E-state index in [4.69, 9.17) is 11.6 Å². The quantitative estimate of drug-likeness (QED) is 0.835. The molecule has 0 aliphatic carbocycles. The van der Waals surface area contributed by atoms with Gasteiger partial charge in [-0.25, -0.2) is 0 Å². The van der Waals surface area contributed by atoms with Gasteiger partial charge in [-0.15, -0.1) is 0 Å². The maximum atomic E-state index is 6.25. The topological polar surface area (TPSA) is 15.3 Å². The summed E-state index contributed by atoms with van der Waals surface area (Å²) >= 11 is 6.25. The number of hydrogen-bond donors (Lipinski definition) is 1. The molecule has 100 valence electrons. The Balaban J connectivity index is 2.43. The third kappa shape index (κ3) is 2.50. The van der Waals surface area contributed by atoms with Crippen LogP contribution >= 0.6 is 11.6 Å². The molecule has 18 heavy (non-hydrogen) atoms. The maximum Gasteiger partial charge on any atom is 0.0471 e. The summed E-state index contributed by atoms with van der Waals surface area (Å²) in [6.07, 6.45) is 0. The molecular weight excluding hydrogens is 244 g/mol. The lowest BCUT2D eigenvalue weighted by Gasteiger charge is -2.51. The van der Waals surface area contributed by atoms with E-state index in [1.54, 1.807) is 0 Å². The second kappa shape index (κ2) is 4.43. The highest BCUT2D eigenvalue weighted by molar-refractivity contribution is 6.31. The average molecular weight is 267 g/mol. The van der Waals surface area contributed by atoms with Crippen molar-refractivity contribution >= 4 is 17.3 Å². The van der Waals surface area contributed by atoms with Crippen molar-refractivity contribution < 1.29 is 0 Å². The van der Waals surface area contributed by atoms with E-state index < -0.39 is 0 Å². The van der Waals surface area contributed by atoms with E-state index in [9.17, 15) is 0 Å².